The Labute approximate surface area is 201 Å². The molecule has 0 saturated heterocycles. The summed E-state index contributed by atoms with van der Waals surface area (Å²) in [6.45, 7) is 1.02. The zero-order valence-corrected chi connectivity index (χ0v) is 19.2. The molecule has 1 aromatic heterocycles. The lowest BCUT2D eigenvalue weighted by atomic mass is 9.93. The van der Waals surface area contributed by atoms with E-state index in [4.69, 9.17) is 18.9 Å². The number of Topliss-reactive ketones (excluding diaryl/α,β-unsaturated/α-hetero) is 1. The SMILES string of the molecule is COc1ccc2c(c[n+]3c4c2ccc2c5c(cc(c24)CC3)OCO5)c1OCC(=O)c1ccccc1. The first-order valence-corrected chi connectivity index (χ1v) is 11.6. The van der Waals surface area contributed by atoms with Gasteiger partial charge < -0.3 is 18.9 Å². The average molecular weight is 464 g/mol. The van der Waals surface area contributed by atoms with Crippen molar-refractivity contribution >= 4 is 38.2 Å². The van der Waals surface area contributed by atoms with E-state index < -0.39 is 0 Å². The second-order valence-corrected chi connectivity index (χ2v) is 8.86. The van der Waals surface area contributed by atoms with E-state index in [1.165, 1.54) is 16.5 Å². The summed E-state index contributed by atoms with van der Waals surface area (Å²) in [7, 11) is 1.62. The Morgan fingerprint density at radius 3 is 2.66 bits per heavy atom. The molecule has 0 amide bonds. The Morgan fingerprint density at radius 2 is 1.80 bits per heavy atom. The fourth-order valence-corrected chi connectivity index (χ4v) is 5.39. The van der Waals surface area contributed by atoms with Crippen molar-refractivity contribution in [3.63, 3.8) is 0 Å². The first kappa shape index (κ1) is 20.1. The van der Waals surface area contributed by atoms with E-state index in [0.29, 0.717) is 17.1 Å². The molecule has 0 fully saturated rings. The van der Waals surface area contributed by atoms with E-state index in [-0.39, 0.29) is 19.2 Å². The molecular weight excluding hydrogens is 442 g/mol. The van der Waals surface area contributed by atoms with Crippen LogP contribution in [0.1, 0.15) is 15.9 Å². The van der Waals surface area contributed by atoms with Crippen molar-refractivity contribution in [1.29, 1.82) is 0 Å². The van der Waals surface area contributed by atoms with Crippen LogP contribution >= 0.6 is 0 Å². The van der Waals surface area contributed by atoms with Gasteiger partial charge in [0, 0.05) is 22.8 Å². The third-order valence-corrected chi connectivity index (χ3v) is 7.00. The fraction of sp³-hybridized carbons (Fsp3) is 0.172. The number of carbonyl (C=O) groups is 1. The number of carbonyl (C=O) groups excluding carboxylic acids is 1. The zero-order valence-electron chi connectivity index (χ0n) is 19.2. The molecule has 5 aromatic rings. The Bertz CT molecular complexity index is 1680. The quantitative estimate of drug-likeness (QED) is 0.208. The molecular formula is C29H22NO5+. The lowest BCUT2D eigenvalue weighted by Gasteiger charge is -2.18. The van der Waals surface area contributed by atoms with Crippen LogP contribution in [0.4, 0.5) is 0 Å². The Kier molecular flexibility index (Phi) is 4.36. The maximum Gasteiger partial charge on any atom is 0.231 e. The number of hydrogen-bond donors (Lipinski definition) is 0. The number of nitrogens with zero attached hydrogens (tertiary/aromatic N) is 1. The number of ketones is 1. The van der Waals surface area contributed by atoms with Crippen LogP contribution in [0.15, 0.2) is 66.9 Å². The van der Waals surface area contributed by atoms with E-state index in [2.05, 4.69) is 35.0 Å². The first-order chi connectivity index (χ1) is 17.2. The number of aryl methyl sites for hydroxylation is 2. The minimum Gasteiger partial charge on any atom is -0.493 e. The topological polar surface area (TPSA) is 57.9 Å². The van der Waals surface area contributed by atoms with Crippen LogP contribution < -0.4 is 23.5 Å². The molecule has 6 nitrogen and oxygen atoms in total. The number of hydrogen-bond acceptors (Lipinski definition) is 5. The van der Waals surface area contributed by atoms with E-state index in [1.54, 1.807) is 19.2 Å². The molecule has 0 N–H and O–H groups in total. The number of rotatable bonds is 5. The average Bonchev–Trinajstić information content (AvgIpc) is 3.38. The zero-order chi connectivity index (χ0) is 23.5. The lowest BCUT2D eigenvalue weighted by molar-refractivity contribution is -0.670. The van der Waals surface area contributed by atoms with Crippen molar-refractivity contribution in [2.24, 2.45) is 0 Å². The second kappa shape index (κ2) is 7.60. The predicted molar refractivity (Wildman–Crippen MR) is 132 cm³/mol. The number of benzene rings is 4. The van der Waals surface area contributed by atoms with Gasteiger partial charge in [0.05, 0.1) is 23.3 Å². The van der Waals surface area contributed by atoms with Crippen LogP contribution in [0.3, 0.4) is 0 Å². The smallest absolute Gasteiger partial charge is 0.231 e. The molecule has 0 atom stereocenters. The van der Waals surface area contributed by atoms with Gasteiger partial charge in [-0.15, -0.1) is 0 Å². The normalized spacial score (nSPS) is 13.6. The van der Waals surface area contributed by atoms with Gasteiger partial charge in [-0.05, 0) is 35.9 Å². The number of pyridine rings is 1. The molecule has 0 saturated carbocycles. The van der Waals surface area contributed by atoms with Crippen LogP contribution in [0, 0.1) is 0 Å². The van der Waals surface area contributed by atoms with E-state index >= 15 is 0 Å². The predicted octanol–water partition coefficient (Wildman–Crippen LogP) is 4.99. The molecule has 172 valence electrons. The van der Waals surface area contributed by atoms with E-state index in [9.17, 15) is 4.79 Å². The number of ether oxygens (including phenoxy) is 4. The molecule has 3 heterocycles. The molecule has 0 unspecified atom stereocenters. The standard InChI is InChI=1S/C29H22NO5/c1-32-24-10-9-19-20-7-8-21-26-18(13-25-28(21)35-16-34-25)11-12-30(27(20)26)14-22(19)29(24)33-15-23(31)17-5-3-2-4-6-17/h2-10,13-14H,11-12,15-16H2,1H3/q+1. The van der Waals surface area contributed by atoms with Crippen LogP contribution in [0.5, 0.6) is 23.0 Å². The maximum absolute atomic E-state index is 12.7. The second-order valence-electron chi connectivity index (χ2n) is 8.86. The molecule has 0 bridgehead atoms. The van der Waals surface area contributed by atoms with Crippen molar-refractivity contribution in [1.82, 2.24) is 0 Å². The molecule has 35 heavy (non-hydrogen) atoms. The Morgan fingerprint density at radius 1 is 0.971 bits per heavy atom. The van der Waals surface area contributed by atoms with Crippen molar-refractivity contribution in [3.05, 3.63) is 78.0 Å². The van der Waals surface area contributed by atoms with Crippen molar-refractivity contribution < 1.29 is 28.3 Å². The third-order valence-electron chi connectivity index (χ3n) is 7.00. The lowest BCUT2D eigenvalue weighted by Crippen LogP contribution is -2.38. The summed E-state index contributed by atoms with van der Waals surface area (Å²) in [6, 6.07) is 19.5. The summed E-state index contributed by atoms with van der Waals surface area (Å²) in [6.07, 6.45) is 3.01. The largest absolute Gasteiger partial charge is 0.493 e. The van der Waals surface area contributed by atoms with Gasteiger partial charge in [0.2, 0.25) is 12.3 Å². The van der Waals surface area contributed by atoms with E-state index in [0.717, 1.165) is 46.0 Å². The number of methoxy groups -OCH3 is 1. The summed E-state index contributed by atoms with van der Waals surface area (Å²) >= 11 is 0. The number of fused-ring (bicyclic) bond motifs is 4. The summed E-state index contributed by atoms with van der Waals surface area (Å²) in [4.78, 5) is 12.7. The van der Waals surface area contributed by atoms with Crippen LogP contribution in [-0.2, 0) is 13.0 Å². The van der Waals surface area contributed by atoms with Crippen molar-refractivity contribution in [2.45, 2.75) is 13.0 Å². The maximum atomic E-state index is 12.7. The highest BCUT2D eigenvalue weighted by molar-refractivity contribution is 6.17. The molecule has 7 rings (SSSR count). The molecule has 4 aromatic carbocycles. The highest BCUT2D eigenvalue weighted by atomic mass is 16.7. The molecule has 0 radical (unpaired) electrons. The molecule has 0 spiro atoms. The Balaban J connectivity index is 1.42. The first-order valence-electron chi connectivity index (χ1n) is 11.6. The summed E-state index contributed by atoms with van der Waals surface area (Å²) in [5.41, 5.74) is 3.07. The van der Waals surface area contributed by atoms with Crippen LogP contribution in [0.25, 0.3) is 32.4 Å². The van der Waals surface area contributed by atoms with Gasteiger partial charge in [-0.3, -0.25) is 4.79 Å². The van der Waals surface area contributed by atoms with Gasteiger partial charge in [-0.1, -0.05) is 30.3 Å². The van der Waals surface area contributed by atoms with Crippen molar-refractivity contribution in [2.75, 3.05) is 20.5 Å². The van der Waals surface area contributed by atoms with Gasteiger partial charge in [-0.25, -0.2) is 0 Å². The van der Waals surface area contributed by atoms with Gasteiger partial charge in [-0.2, -0.15) is 4.57 Å². The summed E-state index contributed by atoms with van der Waals surface area (Å²) < 4.78 is 25.5. The minimum absolute atomic E-state index is 0.0666. The van der Waals surface area contributed by atoms with Crippen LogP contribution in [-0.4, -0.2) is 26.3 Å². The highest BCUT2D eigenvalue weighted by Gasteiger charge is 2.30. The summed E-state index contributed by atoms with van der Waals surface area (Å²) in [5.74, 6) is 2.75. The third kappa shape index (κ3) is 2.96. The Hall–Kier alpha value is -4.32. The summed E-state index contributed by atoms with van der Waals surface area (Å²) in [5, 5.41) is 5.37. The molecule has 6 heteroatoms. The number of aromatic nitrogens is 1. The van der Waals surface area contributed by atoms with E-state index in [1.807, 2.05) is 24.3 Å². The van der Waals surface area contributed by atoms with Crippen LogP contribution in [0.2, 0.25) is 0 Å². The minimum atomic E-state index is -0.0776. The molecule has 2 aliphatic rings. The monoisotopic (exact) mass is 464 g/mol. The molecule has 2 aliphatic heterocycles. The van der Waals surface area contributed by atoms with Gasteiger partial charge in [0.1, 0.15) is 0 Å². The van der Waals surface area contributed by atoms with Crippen molar-refractivity contribution in [3.8, 4) is 23.0 Å². The fourth-order valence-electron chi connectivity index (χ4n) is 5.39. The van der Waals surface area contributed by atoms with Gasteiger partial charge in [0.15, 0.2) is 48.1 Å². The highest BCUT2D eigenvalue weighted by Crippen LogP contribution is 2.46. The van der Waals surface area contributed by atoms with Gasteiger partial charge >= 0.3 is 0 Å². The molecule has 0 aliphatic carbocycles. The van der Waals surface area contributed by atoms with Gasteiger partial charge in [0.25, 0.3) is 0 Å².